The Bertz CT molecular complexity index is 413. The van der Waals surface area contributed by atoms with Crippen LogP contribution >= 0.6 is 11.6 Å². The predicted octanol–water partition coefficient (Wildman–Crippen LogP) is 3.04. The number of hydrogen-bond donors (Lipinski definition) is 0. The van der Waals surface area contributed by atoms with Gasteiger partial charge < -0.3 is 9.64 Å². The van der Waals surface area contributed by atoms with Gasteiger partial charge in [0.05, 0.1) is 0 Å². The molecule has 1 fully saturated rings. The Kier molecular flexibility index (Phi) is 4.40. The molecule has 0 saturated carbocycles. The maximum atomic E-state index is 6.07. The summed E-state index contributed by atoms with van der Waals surface area (Å²) in [6.45, 7) is 4.85. The molecule has 0 aromatic carbocycles. The molecule has 1 saturated heterocycles. The van der Waals surface area contributed by atoms with Gasteiger partial charge in [0.1, 0.15) is 17.6 Å². The summed E-state index contributed by atoms with van der Waals surface area (Å²) < 4.78 is 5.08. The smallest absolute Gasteiger partial charge is 0.158 e. The molecule has 2 unspecified atom stereocenters. The van der Waals surface area contributed by atoms with E-state index in [-0.39, 0.29) is 0 Å². The molecule has 4 nitrogen and oxygen atoms in total. The zero-order valence-corrected chi connectivity index (χ0v) is 11.9. The number of aromatic nitrogens is 2. The van der Waals surface area contributed by atoms with Crippen LogP contribution < -0.4 is 4.90 Å². The lowest BCUT2D eigenvalue weighted by molar-refractivity contribution is 0.178. The van der Waals surface area contributed by atoms with Crippen LogP contribution in [0.25, 0.3) is 0 Å². The van der Waals surface area contributed by atoms with Crippen LogP contribution in [0.5, 0.6) is 0 Å². The van der Waals surface area contributed by atoms with Gasteiger partial charge in [-0.1, -0.05) is 18.5 Å². The highest BCUT2D eigenvalue weighted by Gasteiger charge is 2.30. The largest absolute Gasteiger partial charge is 0.377 e. The molecule has 18 heavy (non-hydrogen) atoms. The highest BCUT2D eigenvalue weighted by Crippen LogP contribution is 2.31. The Morgan fingerprint density at radius 2 is 2.22 bits per heavy atom. The van der Waals surface area contributed by atoms with Gasteiger partial charge in [0.15, 0.2) is 5.82 Å². The topological polar surface area (TPSA) is 38.2 Å². The third kappa shape index (κ3) is 2.75. The Hall–Kier alpha value is -0.870. The molecule has 0 amide bonds. The van der Waals surface area contributed by atoms with Crippen molar-refractivity contribution >= 4 is 17.4 Å². The molecule has 0 spiro atoms. The normalized spacial score (nSPS) is 23.7. The number of anilines is 1. The number of methoxy groups -OCH3 is 1. The molecule has 2 heterocycles. The summed E-state index contributed by atoms with van der Waals surface area (Å²) in [5.41, 5.74) is 0. The van der Waals surface area contributed by atoms with Gasteiger partial charge in [-0.3, -0.25) is 0 Å². The molecule has 5 heteroatoms. The second-order valence-electron chi connectivity index (χ2n) is 4.79. The first kappa shape index (κ1) is 13.6. The molecule has 1 aromatic rings. The number of rotatable bonds is 4. The quantitative estimate of drug-likeness (QED) is 0.788. The van der Waals surface area contributed by atoms with Crippen LogP contribution in [0.4, 0.5) is 5.82 Å². The fourth-order valence-corrected chi connectivity index (χ4v) is 2.86. The minimum absolute atomic E-state index is 0.395. The number of halogens is 1. The minimum atomic E-state index is 0.395. The van der Waals surface area contributed by atoms with Crippen molar-refractivity contribution in [3.05, 3.63) is 17.0 Å². The van der Waals surface area contributed by atoms with E-state index in [9.17, 15) is 0 Å². The summed E-state index contributed by atoms with van der Waals surface area (Å²) >= 11 is 6.07. The minimum Gasteiger partial charge on any atom is -0.377 e. The van der Waals surface area contributed by atoms with Crippen molar-refractivity contribution in [1.29, 1.82) is 0 Å². The van der Waals surface area contributed by atoms with Crippen molar-refractivity contribution in [2.45, 2.75) is 51.8 Å². The van der Waals surface area contributed by atoms with Crippen LogP contribution in [0.1, 0.15) is 38.9 Å². The lowest BCUT2D eigenvalue weighted by atomic mass is 10.1. The van der Waals surface area contributed by atoms with E-state index in [0.717, 1.165) is 12.2 Å². The summed E-state index contributed by atoms with van der Waals surface area (Å²) in [7, 11) is 1.64. The van der Waals surface area contributed by atoms with E-state index < -0.39 is 0 Å². The van der Waals surface area contributed by atoms with Crippen LogP contribution in [-0.2, 0) is 11.3 Å². The van der Waals surface area contributed by atoms with Gasteiger partial charge >= 0.3 is 0 Å². The number of ether oxygens (including phenoxy) is 1. The molecule has 100 valence electrons. The lowest BCUT2D eigenvalue weighted by Gasteiger charge is -2.29. The fraction of sp³-hybridized carbons (Fsp3) is 0.692. The van der Waals surface area contributed by atoms with E-state index in [1.807, 2.05) is 6.07 Å². The van der Waals surface area contributed by atoms with Gasteiger partial charge in [-0.15, -0.1) is 0 Å². The van der Waals surface area contributed by atoms with Gasteiger partial charge in [0.25, 0.3) is 0 Å². The zero-order chi connectivity index (χ0) is 13.1. The highest BCUT2D eigenvalue weighted by molar-refractivity contribution is 6.29. The Morgan fingerprint density at radius 1 is 1.44 bits per heavy atom. The lowest BCUT2D eigenvalue weighted by Crippen LogP contribution is -2.35. The predicted molar refractivity (Wildman–Crippen MR) is 73.0 cm³/mol. The first-order valence-corrected chi connectivity index (χ1v) is 6.84. The molecular formula is C13H20ClN3O. The Labute approximate surface area is 113 Å². The summed E-state index contributed by atoms with van der Waals surface area (Å²) in [6.07, 6.45) is 3.56. The molecule has 0 radical (unpaired) electrons. The van der Waals surface area contributed by atoms with Gasteiger partial charge in [-0.05, 0) is 26.2 Å². The molecule has 1 aliphatic heterocycles. The maximum Gasteiger partial charge on any atom is 0.158 e. The Morgan fingerprint density at radius 3 is 2.89 bits per heavy atom. The van der Waals surface area contributed by atoms with E-state index >= 15 is 0 Å². The summed E-state index contributed by atoms with van der Waals surface area (Å²) in [4.78, 5) is 11.1. The number of nitrogens with zero attached hydrogens (tertiary/aromatic N) is 3. The van der Waals surface area contributed by atoms with E-state index in [1.165, 1.54) is 12.8 Å². The van der Waals surface area contributed by atoms with Crippen molar-refractivity contribution in [1.82, 2.24) is 9.97 Å². The highest BCUT2D eigenvalue weighted by atomic mass is 35.5. The monoisotopic (exact) mass is 269 g/mol. The average molecular weight is 270 g/mol. The molecule has 2 atom stereocenters. The van der Waals surface area contributed by atoms with Crippen molar-refractivity contribution in [3.63, 3.8) is 0 Å². The average Bonchev–Trinajstić information content (AvgIpc) is 2.70. The molecular weight excluding hydrogens is 250 g/mol. The SMILES string of the molecule is CCC1CCC(C)N1c1cc(Cl)nc(COC)n1. The van der Waals surface area contributed by atoms with E-state index in [2.05, 4.69) is 28.7 Å². The second-order valence-corrected chi connectivity index (χ2v) is 5.18. The van der Waals surface area contributed by atoms with E-state index in [0.29, 0.717) is 29.7 Å². The molecule has 1 aliphatic rings. The first-order chi connectivity index (χ1) is 8.65. The van der Waals surface area contributed by atoms with Crippen LogP contribution in [0.3, 0.4) is 0 Å². The molecule has 0 N–H and O–H groups in total. The summed E-state index contributed by atoms with van der Waals surface area (Å²) in [5.74, 6) is 1.58. The van der Waals surface area contributed by atoms with Crippen molar-refractivity contribution < 1.29 is 4.74 Å². The standard InChI is InChI=1S/C13H20ClN3O/c1-4-10-6-5-9(2)17(10)13-7-11(14)15-12(16-13)8-18-3/h7,9-10H,4-6,8H2,1-3H3. The van der Waals surface area contributed by atoms with Crippen LogP contribution in [0.2, 0.25) is 5.15 Å². The molecule has 1 aromatic heterocycles. The van der Waals surface area contributed by atoms with Crippen LogP contribution in [-0.4, -0.2) is 29.2 Å². The number of hydrogen-bond acceptors (Lipinski definition) is 4. The van der Waals surface area contributed by atoms with Crippen molar-refractivity contribution in [2.75, 3.05) is 12.0 Å². The molecule has 0 aliphatic carbocycles. The second kappa shape index (κ2) is 5.85. The van der Waals surface area contributed by atoms with Gasteiger partial charge in [0.2, 0.25) is 0 Å². The van der Waals surface area contributed by atoms with E-state index in [4.69, 9.17) is 16.3 Å². The van der Waals surface area contributed by atoms with Crippen LogP contribution in [0.15, 0.2) is 6.07 Å². The van der Waals surface area contributed by atoms with Crippen LogP contribution in [0, 0.1) is 0 Å². The van der Waals surface area contributed by atoms with Crippen molar-refractivity contribution in [2.24, 2.45) is 0 Å². The fourth-order valence-electron chi connectivity index (χ4n) is 2.66. The third-order valence-electron chi connectivity index (χ3n) is 3.52. The van der Waals surface area contributed by atoms with E-state index in [1.54, 1.807) is 7.11 Å². The molecule has 0 bridgehead atoms. The third-order valence-corrected chi connectivity index (χ3v) is 3.72. The maximum absolute atomic E-state index is 6.07. The Balaban J connectivity index is 2.31. The summed E-state index contributed by atoms with van der Waals surface area (Å²) in [6, 6.07) is 2.92. The zero-order valence-electron chi connectivity index (χ0n) is 11.2. The van der Waals surface area contributed by atoms with Crippen molar-refractivity contribution in [3.8, 4) is 0 Å². The first-order valence-electron chi connectivity index (χ1n) is 6.46. The van der Waals surface area contributed by atoms with Gasteiger partial charge in [-0.2, -0.15) is 0 Å². The van der Waals surface area contributed by atoms with Gasteiger partial charge in [0, 0.05) is 25.3 Å². The van der Waals surface area contributed by atoms with Gasteiger partial charge in [-0.25, -0.2) is 9.97 Å². The summed E-state index contributed by atoms with van der Waals surface area (Å²) in [5, 5.41) is 0.487. The molecule has 2 rings (SSSR count).